The molecule has 1 aliphatic heterocycles. The summed E-state index contributed by atoms with van der Waals surface area (Å²) in [6.45, 7) is 3.79. The molecule has 1 amide bonds. The van der Waals surface area contributed by atoms with E-state index in [1.807, 2.05) is 18.1 Å². The standard InChI is InChI=1S/C16H24N2O3S2/c1-3-9-17-23(20,21)13-7-8-15(22-2)14(12-13)16(19)18-10-5-4-6-11-18/h7-8,12,17H,3-6,9-11H2,1-2H3. The van der Waals surface area contributed by atoms with Crippen molar-refractivity contribution in [3.63, 3.8) is 0 Å². The number of rotatable bonds is 6. The first-order valence-corrected chi connectivity index (χ1v) is 10.7. The molecule has 0 aliphatic carbocycles. The predicted octanol–water partition coefficient (Wildman–Crippen LogP) is 2.72. The van der Waals surface area contributed by atoms with E-state index in [4.69, 9.17) is 0 Å². The average Bonchev–Trinajstić information content (AvgIpc) is 2.59. The Balaban J connectivity index is 2.33. The summed E-state index contributed by atoms with van der Waals surface area (Å²) in [5.41, 5.74) is 0.485. The Morgan fingerprint density at radius 1 is 1.26 bits per heavy atom. The zero-order valence-electron chi connectivity index (χ0n) is 13.7. The summed E-state index contributed by atoms with van der Waals surface area (Å²) < 4.78 is 27.1. The van der Waals surface area contributed by atoms with Gasteiger partial charge in [0, 0.05) is 24.5 Å². The molecule has 1 saturated heterocycles. The fraction of sp³-hybridized carbons (Fsp3) is 0.562. The normalized spacial score (nSPS) is 15.7. The molecule has 1 fully saturated rings. The fourth-order valence-corrected chi connectivity index (χ4v) is 4.34. The third kappa shape index (κ3) is 4.49. The van der Waals surface area contributed by atoms with Gasteiger partial charge in [-0.1, -0.05) is 6.92 Å². The van der Waals surface area contributed by atoms with Crippen LogP contribution in [0, 0.1) is 0 Å². The molecule has 2 rings (SSSR count). The van der Waals surface area contributed by atoms with Crippen molar-refractivity contribution in [3.05, 3.63) is 23.8 Å². The zero-order valence-corrected chi connectivity index (χ0v) is 15.3. The van der Waals surface area contributed by atoms with Crippen molar-refractivity contribution in [1.82, 2.24) is 9.62 Å². The number of carbonyl (C=O) groups excluding carboxylic acids is 1. The van der Waals surface area contributed by atoms with Gasteiger partial charge in [0.25, 0.3) is 5.91 Å². The summed E-state index contributed by atoms with van der Waals surface area (Å²) in [5.74, 6) is -0.0680. The second-order valence-corrected chi connectivity index (χ2v) is 8.23. The van der Waals surface area contributed by atoms with E-state index in [1.165, 1.54) is 17.8 Å². The monoisotopic (exact) mass is 356 g/mol. The lowest BCUT2D eigenvalue weighted by Crippen LogP contribution is -2.36. The summed E-state index contributed by atoms with van der Waals surface area (Å²) in [6.07, 6.45) is 5.79. The Morgan fingerprint density at radius 3 is 2.57 bits per heavy atom. The van der Waals surface area contributed by atoms with E-state index < -0.39 is 10.0 Å². The van der Waals surface area contributed by atoms with Crippen LogP contribution in [0.2, 0.25) is 0 Å². The highest BCUT2D eigenvalue weighted by Crippen LogP contribution is 2.26. The summed E-state index contributed by atoms with van der Waals surface area (Å²) in [5, 5.41) is 0. The molecule has 0 atom stereocenters. The minimum Gasteiger partial charge on any atom is -0.339 e. The largest absolute Gasteiger partial charge is 0.339 e. The second kappa shape index (κ2) is 8.17. The Morgan fingerprint density at radius 2 is 1.96 bits per heavy atom. The Hall–Kier alpha value is -1.05. The number of piperidine rings is 1. The Labute approximate surface area is 142 Å². The summed E-state index contributed by atoms with van der Waals surface area (Å²) in [6, 6.07) is 4.81. The summed E-state index contributed by atoms with van der Waals surface area (Å²) >= 11 is 1.46. The maximum Gasteiger partial charge on any atom is 0.255 e. The molecule has 1 N–H and O–H groups in total. The van der Waals surface area contributed by atoms with Gasteiger partial charge in [0.05, 0.1) is 10.5 Å². The molecule has 1 aromatic rings. The quantitative estimate of drug-likeness (QED) is 0.796. The highest BCUT2D eigenvalue weighted by atomic mass is 32.2. The van der Waals surface area contributed by atoms with E-state index in [2.05, 4.69) is 4.72 Å². The molecule has 0 spiro atoms. The highest BCUT2D eigenvalue weighted by molar-refractivity contribution is 7.98. The number of benzene rings is 1. The fourth-order valence-electron chi connectivity index (χ4n) is 2.61. The van der Waals surface area contributed by atoms with Gasteiger partial charge in [0.2, 0.25) is 10.0 Å². The molecule has 1 aromatic carbocycles. The van der Waals surface area contributed by atoms with Crippen molar-refractivity contribution < 1.29 is 13.2 Å². The number of sulfonamides is 1. The van der Waals surface area contributed by atoms with Crippen LogP contribution in [0.25, 0.3) is 0 Å². The van der Waals surface area contributed by atoms with E-state index >= 15 is 0 Å². The van der Waals surface area contributed by atoms with Crippen molar-refractivity contribution in [1.29, 1.82) is 0 Å². The van der Waals surface area contributed by atoms with E-state index in [-0.39, 0.29) is 10.8 Å². The van der Waals surface area contributed by atoms with Gasteiger partial charge in [-0.2, -0.15) is 0 Å². The van der Waals surface area contributed by atoms with Crippen LogP contribution in [0.3, 0.4) is 0 Å². The van der Waals surface area contributed by atoms with Gasteiger partial charge in [-0.15, -0.1) is 11.8 Å². The summed E-state index contributed by atoms with van der Waals surface area (Å²) in [4.78, 5) is 15.6. The molecular formula is C16H24N2O3S2. The van der Waals surface area contributed by atoms with Crippen LogP contribution >= 0.6 is 11.8 Å². The van der Waals surface area contributed by atoms with E-state index in [0.29, 0.717) is 12.1 Å². The van der Waals surface area contributed by atoms with Crippen molar-refractivity contribution in [2.24, 2.45) is 0 Å². The molecule has 0 bridgehead atoms. The molecule has 1 aliphatic rings. The van der Waals surface area contributed by atoms with Gasteiger partial charge >= 0.3 is 0 Å². The first-order chi connectivity index (χ1) is 11.0. The maximum atomic E-state index is 12.8. The molecule has 0 unspecified atom stereocenters. The minimum atomic E-state index is -3.56. The average molecular weight is 357 g/mol. The molecule has 0 radical (unpaired) electrons. The van der Waals surface area contributed by atoms with Crippen LogP contribution in [0.4, 0.5) is 0 Å². The van der Waals surface area contributed by atoms with Gasteiger partial charge in [-0.3, -0.25) is 4.79 Å². The number of likely N-dealkylation sites (tertiary alicyclic amines) is 1. The van der Waals surface area contributed by atoms with Crippen LogP contribution in [-0.2, 0) is 10.0 Å². The molecule has 5 nitrogen and oxygen atoms in total. The van der Waals surface area contributed by atoms with Gasteiger partial charge in [0.1, 0.15) is 0 Å². The van der Waals surface area contributed by atoms with Crippen LogP contribution in [0.1, 0.15) is 43.0 Å². The van der Waals surface area contributed by atoms with Gasteiger partial charge in [-0.25, -0.2) is 13.1 Å². The van der Waals surface area contributed by atoms with Crippen molar-refractivity contribution in [3.8, 4) is 0 Å². The van der Waals surface area contributed by atoms with Gasteiger partial charge in [0.15, 0.2) is 0 Å². The lowest BCUT2D eigenvalue weighted by Gasteiger charge is -2.27. The molecule has 128 valence electrons. The third-order valence-electron chi connectivity index (χ3n) is 3.90. The molecule has 0 saturated carbocycles. The van der Waals surface area contributed by atoms with Gasteiger partial charge < -0.3 is 4.90 Å². The predicted molar refractivity (Wildman–Crippen MR) is 93.5 cm³/mol. The minimum absolute atomic E-state index is 0.0680. The zero-order chi connectivity index (χ0) is 16.9. The number of thioether (sulfide) groups is 1. The van der Waals surface area contributed by atoms with Crippen LogP contribution in [0.5, 0.6) is 0 Å². The molecule has 7 heteroatoms. The lowest BCUT2D eigenvalue weighted by molar-refractivity contribution is 0.0720. The number of nitrogens with one attached hydrogen (secondary N) is 1. The van der Waals surface area contributed by atoms with Crippen LogP contribution in [0.15, 0.2) is 28.0 Å². The lowest BCUT2D eigenvalue weighted by atomic mass is 10.1. The number of carbonyl (C=O) groups is 1. The van der Waals surface area contributed by atoms with Crippen LogP contribution in [-0.4, -0.2) is 45.1 Å². The Bertz CT molecular complexity index is 653. The van der Waals surface area contributed by atoms with E-state index in [9.17, 15) is 13.2 Å². The highest BCUT2D eigenvalue weighted by Gasteiger charge is 2.23. The molecule has 1 heterocycles. The molecule has 0 aromatic heterocycles. The number of amides is 1. The summed E-state index contributed by atoms with van der Waals surface area (Å²) in [7, 11) is -3.56. The SMILES string of the molecule is CCCNS(=O)(=O)c1ccc(SC)c(C(=O)N2CCCCC2)c1. The maximum absolute atomic E-state index is 12.8. The van der Waals surface area contributed by atoms with Crippen LogP contribution < -0.4 is 4.72 Å². The smallest absolute Gasteiger partial charge is 0.255 e. The number of hydrogen-bond acceptors (Lipinski definition) is 4. The first kappa shape index (κ1) is 18.3. The van der Waals surface area contributed by atoms with Crippen molar-refractivity contribution >= 4 is 27.7 Å². The van der Waals surface area contributed by atoms with Crippen molar-refractivity contribution in [2.45, 2.75) is 42.4 Å². The van der Waals surface area contributed by atoms with E-state index in [1.54, 1.807) is 12.1 Å². The first-order valence-electron chi connectivity index (χ1n) is 7.96. The Kier molecular flexibility index (Phi) is 6.50. The number of hydrogen-bond donors (Lipinski definition) is 1. The van der Waals surface area contributed by atoms with Gasteiger partial charge in [-0.05, 0) is 50.1 Å². The van der Waals surface area contributed by atoms with Crippen molar-refractivity contribution in [2.75, 3.05) is 25.9 Å². The molecule has 23 heavy (non-hydrogen) atoms. The topological polar surface area (TPSA) is 66.5 Å². The van der Waals surface area contributed by atoms with E-state index in [0.717, 1.165) is 43.7 Å². The molecular weight excluding hydrogens is 332 g/mol. The second-order valence-electron chi connectivity index (χ2n) is 5.61. The number of nitrogens with zero attached hydrogens (tertiary/aromatic N) is 1. The third-order valence-corrected chi connectivity index (χ3v) is 6.15.